The molecule has 184 valence electrons. The zero-order valence-electron chi connectivity index (χ0n) is 20.2. The van der Waals surface area contributed by atoms with Gasteiger partial charge in [0.1, 0.15) is 5.60 Å². The van der Waals surface area contributed by atoms with Gasteiger partial charge in [-0.1, -0.05) is 44.6 Å². The molecule has 0 bridgehead atoms. The first-order valence-corrected chi connectivity index (χ1v) is 13.5. The monoisotopic (exact) mass is 466 g/mol. The Morgan fingerprint density at radius 2 is 1.50 bits per heavy atom. The zero-order chi connectivity index (χ0) is 23.5. The predicted octanol–water partition coefficient (Wildman–Crippen LogP) is 5.61. The first kappa shape index (κ1) is 23.4. The molecule has 1 heterocycles. The minimum absolute atomic E-state index is 0.0986. The molecule has 3 aliphatic carbocycles. The molecule has 6 heteroatoms. The number of amides is 2. The van der Waals surface area contributed by atoms with E-state index in [1.165, 1.54) is 38.5 Å². The fourth-order valence-electron chi connectivity index (χ4n) is 6.90. The summed E-state index contributed by atoms with van der Waals surface area (Å²) in [5.41, 5.74) is 0.631. The molecule has 0 aromatic heterocycles. The minimum atomic E-state index is -0.632. The van der Waals surface area contributed by atoms with Crippen LogP contribution in [0, 0.1) is 5.92 Å². The second kappa shape index (κ2) is 10.1. The van der Waals surface area contributed by atoms with E-state index in [4.69, 9.17) is 4.74 Å². The summed E-state index contributed by atoms with van der Waals surface area (Å²) >= 11 is 0. The zero-order valence-corrected chi connectivity index (χ0v) is 20.2. The van der Waals surface area contributed by atoms with Gasteiger partial charge in [-0.2, -0.15) is 0 Å². The lowest BCUT2D eigenvalue weighted by Crippen LogP contribution is -2.48. The van der Waals surface area contributed by atoms with E-state index in [-0.39, 0.29) is 24.2 Å². The molecule has 1 N–H and O–H groups in total. The number of nitrogens with one attached hydrogen (secondary N) is 1. The molecule has 6 nitrogen and oxygen atoms in total. The summed E-state index contributed by atoms with van der Waals surface area (Å²) in [4.78, 5) is 41.3. The van der Waals surface area contributed by atoms with Crippen LogP contribution in [0.15, 0.2) is 24.3 Å². The summed E-state index contributed by atoms with van der Waals surface area (Å²) in [7, 11) is 0. The number of hydrogen-bond acceptors (Lipinski definition) is 4. The number of anilines is 1. The van der Waals surface area contributed by atoms with Gasteiger partial charge in [0, 0.05) is 23.3 Å². The topological polar surface area (TPSA) is 75.7 Å². The number of hydrogen-bond donors (Lipinski definition) is 1. The number of benzene rings is 1. The van der Waals surface area contributed by atoms with E-state index < -0.39 is 11.5 Å². The average Bonchev–Trinajstić information content (AvgIpc) is 3.46. The number of nitrogens with zero attached hydrogens (tertiary/aromatic N) is 1. The Balaban J connectivity index is 1.33. The molecule has 5 rings (SSSR count). The smallest absolute Gasteiger partial charge is 0.307 e. The Kier molecular flexibility index (Phi) is 6.94. The van der Waals surface area contributed by atoms with Crippen molar-refractivity contribution >= 4 is 23.5 Å². The van der Waals surface area contributed by atoms with Gasteiger partial charge in [0.15, 0.2) is 0 Å². The van der Waals surface area contributed by atoms with Crippen LogP contribution >= 0.6 is 0 Å². The lowest BCUT2D eigenvalue weighted by atomic mass is 9.85. The molecular formula is C28H38N2O4. The van der Waals surface area contributed by atoms with E-state index in [0.717, 1.165) is 51.4 Å². The van der Waals surface area contributed by atoms with Crippen molar-refractivity contribution in [3.63, 3.8) is 0 Å². The average molecular weight is 467 g/mol. The molecule has 34 heavy (non-hydrogen) atoms. The summed E-state index contributed by atoms with van der Waals surface area (Å²) in [6, 6.07) is 8.02. The highest BCUT2D eigenvalue weighted by Gasteiger charge is 2.54. The molecule has 1 atom stereocenters. The van der Waals surface area contributed by atoms with E-state index in [1.807, 2.05) is 24.3 Å². The van der Waals surface area contributed by atoms with Crippen LogP contribution in [0.1, 0.15) is 107 Å². The Hall–Kier alpha value is -2.37. The Bertz CT molecular complexity index is 893. The molecule has 3 saturated carbocycles. The van der Waals surface area contributed by atoms with Gasteiger partial charge in [-0.05, 0) is 69.6 Å². The van der Waals surface area contributed by atoms with Crippen LogP contribution in [0.3, 0.4) is 0 Å². The van der Waals surface area contributed by atoms with Gasteiger partial charge in [-0.15, -0.1) is 0 Å². The molecule has 1 aromatic carbocycles. The highest BCUT2D eigenvalue weighted by molar-refractivity contribution is 5.99. The quantitative estimate of drug-likeness (QED) is 0.573. The molecule has 1 aliphatic heterocycles. The van der Waals surface area contributed by atoms with Crippen LogP contribution in [0.4, 0.5) is 5.69 Å². The fourth-order valence-corrected chi connectivity index (χ4v) is 6.90. The van der Waals surface area contributed by atoms with Crippen LogP contribution in [0.2, 0.25) is 0 Å². The number of rotatable bonds is 5. The Labute approximate surface area is 202 Å². The van der Waals surface area contributed by atoms with Crippen molar-refractivity contribution in [2.24, 2.45) is 5.92 Å². The van der Waals surface area contributed by atoms with E-state index in [0.29, 0.717) is 23.3 Å². The van der Waals surface area contributed by atoms with Crippen LogP contribution in [-0.4, -0.2) is 40.4 Å². The van der Waals surface area contributed by atoms with Crippen molar-refractivity contribution in [3.05, 3.63) is 29.8 Å². The molecule has 4 fully saturated rings. The van der Waals surface area contributed by atoms with E-state index in [1.54, 1.807) is 0 Å². The van der Waals surface area contributed by atoms with Gasteiger partial charge in [0.25, 0.3) is 5.91 Å². The summed E-state index contributed by atoms with van der Waals surface area (Å²) in [6.07, 6.45) is 15.3. The molecule has 0 radical (unpaired) electrons. The summed E-state index contributed by atoms with van der Waals surface area (Å²) in [5.74, 6) is -0.806. The van der Waals surface area contributed by atoms with Crippen molar-refractivity contribution in [1.29, 1.82) is 0 Å². The van der Waals surface area contributed by atoms with Crippen molar-refractivity contribution in [2.45, 2.75) is 114 Å². The molecule has 1 saturated heterocycles. The number of esters is 1. The second-order valence-electron chi connectivity index (χ2n) is 10.9. The maximum absolute atomic E-state index is 13.8. The van der Waals surface area contributed by atoms with Gasteiger partial charge >= 0.3 is 5.97 Å². The molecule has 0 unspecified atom stereocenters. The normalized spacial score (nSPS) is 25.3. The third kappa shape index (κ3) is 4.73. The number of carbonyl (C=O) groups is 3. The summed E-state index contributed by atoms with van der Waals surface area (Å²) < 4.78 is 5.65. The Morgan fingerprint density at radius 1 is 0.882 bits per heavy atom. The van der Waals surface area contributed by atoms with Crippen LogP contribution in [-0.2, 0) is 14.3 Å². The minimum Gasteiger partial charge on any atom is -0.458 e. The molecule has 2 amide bonds. The maximum atomic E-state index is 13.8. The molecule has 1 aromatic rings. The van der Waals surface area contributed by atoms with E-state index in [2.05, 4.69) is 10.2 Å². The lowest BCUT2D eigenvalue weighted by molar-refractivity contribution is -0.149. The SMILES string of the molecule is O=C1C[C@@H](C(=O)Nc2cccc(C(=O)N(C3CCCCC3)C3CCCCC3)c2)C2(CCCC2)O1. The molecule has 4 aliphatic rings. The lowest BCUT2D eigenvalue weighted by Gasteiger charge is -2.42. The van der Waals surface area contributed by atoms with Crippen LogP contribution in [0.25, 0.3) is 0 Å². The number of ether oxygens (including phenoxy) is 1. The van der Waals surface area contributed by atoms with E-state index in [9.17, 15) is 14.4 Å². The first-order chi connectivity index (χ1) is 16.6. The van der Waals surface area contributed by atoms with Gasteiger partial charge in [0.05, 0.1) is 12.3 Å². The Morgan fingerprint density at radius 3 is 2.12 bits per heavy atom. The van der Waals surface area contributed by atoms with Crippen LogP contribution in [0.5, 0.6) is 0 Å². The van der Waals surface area contributed by atoms with Gasteiger partial charge in [0.2, 0.25) is 5.91 Å². The predicted molar refractivity (Wildman–Crippen MR) is 130 cm³/mol. The first-order valence-electron chi connectivity index (χ1n) is 13.5. The highest BCUT2D eigenvalue weighted by atomic mass is 16.6. The van der Waals surface area contributed by atoms with Gasteiger partial charge < -0.3 is 15.0 Å². The standard InChI is InChI=1S/C28H38N2O4/c31-25-19-24(28(34-25)16-7-8-17-28)26(32)29-21-11-9-10-20(18-21)27(33)30(22-12-3-1-4-13-22)23-14-5-2-6-15-23/h9-11,18,22-24H,1-8,12-17,19H2,(H,29,32)/t24-/m0/s1. The van der Waals surface area contributed by atoms with Crippen molar-refractivity contribution < 1.29 is 19.1 Å². The van der Waals surface area contributed by atoms with Crippen molar-refractivity contribution in [3.8, 4) is 0 Å². The number of carbonyl (C=O) groups excluding carboxylic acids is 3. The van der Waals surface area contributed by atoms with E-state index >= 15 is 0 Å². The summed E-state index contributed by atoms with van der Waals surface area (Å²) in [6.45, 7) is 0. The molecular weight excluding hydrogens is 428 g/mol. The molecule has 1 spiro atoms. The van der Waals surface area contributed by atoms with Crippen molar-refractivity contribution in [2.75, 3.05) is 5.32 Å². The maximum Gasteiger partial charge on any atom is 0.307 e. The van der Waals surface area contributed by atoms with Crippen molar-refractivity contribution in [1.82, 2.24) is 4.90 Å². The van der Waals surface area contributed by atoms with Crippen LogP contribution < -0.4 is 5.32 Å². The van der Waals surface area contributed by atoms with Gasteiger partial charge in [-0.25, -0.2) is 0 Å². The third-order valence-corrected chi connectivity index (χ3v) is 8.64. The summed E-state index contributed by atoms with van der Waals surface area (Å²) in [5, 5.41) is 3.01. The third-order valence-electron chi connectivity index (χ3n) is 8.64. The largest absolute Gasteiger partial charge is 0.458 e. The second-order valence-corrected chi connectivity index (χ2v) is 10.9. The highest BCUT2D eigenvalue weighted by Crippen LogP contribution is 2.46. The van der Waals surface area contributed by atoms with Gasteiger partial charge in [-0.3, -0.25) is 14.4 Å². The fraction of sp³-hybridized carbons (Fsp3) is 0.679.